The monoisotopic (exact) mass is 269 g/mol. The lowest BCUT2D eigenvalue weighted by Crippen LogP contribution is -1.93. The van der Waals surface area contributed by atoms with Crippen LogP contribution in [0.1, 0.15) is 11.3 Å². The molecule has 0 atom stereocenters. The molecule has 94 valence electrons. The van der Waals surface area contributed by atoms with Crippen molar-refractivity contribution in [3.8, 4) is 5.75 Å². The number of aromatic nitrogens is 1. The molecule has 3 rings (SSSR count). The quantitative estimate of drug-likeness (QED) is 0.757. The van der Waals surface area contributed by atoms with E-state index in [0.29, 0.717) is 11.4 Å². The van der Waals surface area contributed by atoms with Crippen LogP contribution in [-0.2, 0) is 6.42 Å². The second-order valence-electron chi connectivity index (χ2n) is 4.45. The average Bonchev–Trinajstić information content (AvgIpc) is 2.43. The van der Waals surface area contributed by atoms with E-state index in [1.165, 1.54) is 0 Å². The van der Waals surface area contributed by atoms with Crippen LogP contribution in [0.3, 0.4) is 0 Å². The molecule has 0 amide bonds. The maximum absolute atomic E-state index is 9.82. The highest BCUT2D eigenvalue weighted by Gasteiger charge is 2.05. The lowest BCUT2D eigenvalue weighted by atomic mass is 10.1. The van der Waals surface area contributed by atoms with Gasteiger partial charge >= 0.3 is 0 Å². The first-order valence-corrected chi connectivity index (χ1v) is 6.42. The van der Waals surface area contributed by atoms with Gasteiger partial charge in [0.1, 0.15) is 5.75 Å². The highest BCUT2D eigenvalue weighted by Crippen LogP contribution is 2.24. The Labute approximate surface area is 116 Å². The molecule has 0 unspecified atom stereocenters. The smallest absolute Gasteiger partial charge is 0.119 e. The first-order valence-electron chi connectivity index (χ1n) is 6.04. The molecule has 0 aliphatic rings. The van der Waals surface area contributed by atoms with Crippen LogP contribution in [0.2, 0.25) is 5.02 Å². The Bertz CT molecular complexity index is 740. The molecular weight excluding hydrogens is 258 g/mol. The van der Waals surface area contributed by atoms with E-state index in [4.69, 9.17) is 11.6 Å². The fraction of sp³-hybridized carbons (Fsp3) is 0.0625. The highest BCUT2D eigenvalue weighted by molar-refractivity contribution is 6.30. The average molecular weight is 270 g/mol. The van der Waals surface area contributed by atoms with Gasteiger partial charge in [-0.15, -0.1) is 0 Å². The van der Waals surface area contributed by atoms with Crippen molar-refractivity contribution in [2.24, 2.45) is 0 Å². The molecule has 0 saturated carbocycles. The standard InChI is InChI=1S/C16H12ClNO/c17-13-6-8-16(19)12(9-13)10-14-7-5-11-3-1-2-4-15(11)18-14/h1-9,19H,10H2. The minimum absolute atomic E-state index is 0.249. The van der Waals surface area contributed by atoms with Gasteiger partial charge in [-0.3, -0.25) is 4.98 Å². The van der Waals surface area contributed by atoms with E-state index in [1.54, 1.807) is 18.2 Å². The van der Waals surface area contributed by atoms with E-state index >= 15 is 0 Å². The molecule has 19 heavy (non-hydrogen) atoms. The molecule has 0 spiro atoms. The molecule has 3 heteroatoms. The second-order valence-corrected chi connectivity index (χ2v) is 4.88. The van der Waals surface area contributed by atoms with Crippen LogP contribution in [0.15, 0.2) is 54.6 Å². The zero-order valence-corrected chi connectivity index (χ0v) is 10.9. The number of pyridine rings is 1. The summed E-state index contributed by atoms with van der Waals surface area (Å²) >= 11 is 5.95. The maximum Gasteiger partial charge on any atom is 0.119 e. The number of hydrogen-bond donors (Lipinski definition) is 1. The lowest BCUT2D eigenvalue weighted by molar-refractivity contribution is 0.469. The fourth-order valence-electron chi connectivity index (χ4n) is 2.10. The molecule has 0 fully saturated rings. The van der Waals surface area contributed by atoms with Crippen molar-refractivity contribution < 1.29 is 5.11 Å². The molecule has 1 N–H and O–H groups in total. The van der Waals surface area contributed by atoms with Crippen molar-refractivity contribution in [3.63, 3.8) is 0 Å². The third-order valence-electron chi connectivity index (χ3n) is 3.07. The summed E-state index contributed by atoms with van der Waals surface area (Å²) in [4.78, 5) is 4.59. The molecule has 0 radical (unpaired) electrons. The summed E-state index contributed by atoms with van der Waals surface area (Å²) in [5.74, 6) is 0.249. The van der Waals surface area contributed by atoms with E-state index in [-0.39, 0.29) is 5.75 Å². The summed E-state index contributed by atoms with van der Waals surface area (Å²) in [6.07, 6.45) is 0.567. The molecular formula is C16H12ClNO. The number of benzene rings is 2. The molecule has 3 aromatic rings. The van der Waals surface area contributed by atoms with Crippen molar-refractivity contribution in [1.82, 2.24) is 4.98 Å². The number of phenols is 1. The van der Waals surface area contributed by atoms with Gasteiger partial charge in [0.25, 0.3) is 0 Å². The first kappa shape index (κ1) is 12.0. The van der Waals surface area contributed by atoms with Crippen molar-refractivity contribution >= 4 is 22.5 Å². The van der Waals surface area contributed by atoms with Crippen LogP contribution in [-0.4, -0.2) is 10.1 Å². The van der Waals surface area contributed by atoms with Gasteiger partial charge < -0.3 is 5.11 Å². The first-order chi connectivity index (χ1) is 9.22. The van der Waals surface area contributed by atoms with E-state index in [2.05, 4.69) is 4.98 Å². The molecule has 1 heterocycles. The number of para-hydroxylation sites is 1. The zero-order chi connectivity index (χ0) is 13.2. The zero-order valence-electron chi connectivity index (χ0n) is 10.2. The number of aromatic hydroxyl groups is 1. The summed E-state index contributed by atoms with van der Waals surface area (Å²) in [7, 11) is 0. The van der Waals surface area contributed by atoms with E-state index < -0.39 is 0 Å². The Kier molecular flexibility index (Phi) is 3.10. The molecule has 2 aromatic carbocycles. The number of nitrogens with zero attached hydrogens (tertiary/aromatic N) is 1. The predicted octanol–water partition coefficient (Wildman–Crippen LogP) is 4.18. The van der Waals surface area contributed by atoms with Crippen molar-refractivity contribution in [2.75, 3.05) is 0 Å². The molecule has 0 aliphatic carbocycles. The van der Waals surface area contributed by atoms with E-state index in [9.17, 15) is 5.11 Å². The number of halogens is 1. The van der Waals surface area contributed by atoms with E-state index in [1.807, 2.05) is 36.4 Å². The fourth-order valence-corrected chi connectivity index (χ4v) is 2.29. The predicted molar refractivity (Wildman–Crippen MR) is 77.7 cm³/mol. The van der Waals surface area contributed by atoms with Crippen LogP contribution in [0.25, 0.3) is 10.9 Å². The molecule has 0 bridgehead atoms. The molecule has 2 nitrogen and oxygen atoms in total. The Morgan fingerprint density at radius 3 is 2.74 bits per heavy atom. The van der Waals surface area contributed by atoms with Gasteiger partial charge in [0.2, 0.25) is 0 Å². The van der Waals surface area contributed by atoms with Crippen LogP contribution in [0, 0.1) is 0 Å². The highest BCUT2D eigenvalue weighted by atomic mass is 35.5. The topological polar surface area (TPSA) is 33.1 Å². The maximum atomic E-state index is 9.82. The van der Waals surface area contributed by atoms with Gasteiger partial charge in [0.05, 0.1) is 5.52 Å². The van der Waals surface area contributed by atoms with Gasteiger partial charge in [0, 0.05) is 28.1 Å². The lowest BCUT2D eigenvalue weighted by Gasteiger charge is -2.06. The van der Waals surface area contributed by atoms with Crippen molar-refractivity contribution in [1.29, 1.82) is 0 Å². The summed E-state index contributed by atoms with van der Waals surface area (Å²) in [5.41, 5.74) is 2.66. The van der Waals surface area contributed by atoms with Gasteiger partial charge in [-0.05, 0) is 30.3 Å². The third-order valence-corrected chi connectivity index (χ3v) is 3.30. The minimum atomic E-state index is 0.249. The van der Waals surface area contributed by atoms with Gasteiger partial charge in [-0.25, -0.2) is 0 Å². The van der Waals surface area contributed by atoms with Gasteiger partial charge in [0.15, 0.2) is 0 Å². The van der Waals surface area contributed by atoms with Crippen LogP contribution in [0.5, 0.6) is 5.75 Å². The molecule has 1 aromatic heterocycles. The van der Waals surface area contributed by atoms with Crippen molar-refractivity contribution in [2.45, 2.75) is 6.42 Å². The number of fused-ring (bicyclic) bond motifs is 1. The number of hydrogen-bond acceptors (Lipinski definition) is 2. The SMILES string of the molecule is Oc1ccc(Cl)cc1Cc1ccc2ccccc2n1. The second kappa shape index (κ2) is 4.90. The Balaban J connectivity index is 1.98. The summed E-state index contributed by atoms with van der Waals surface area (Å²) in [6.45, 7) is 0. The summed E-state index contributed by atoms with van der Waals surface area (Å²) in [5, 5.41) is 11.6. The van der Waals surface area contributed by atoms with Crippen LogP contribution in [0.4, 0.5) is 0 Å². The van der Waals surface area contributed by atoms with Crippen LogP contribution < -0.4 is 0 Å². The minimum Gasteiger partial charge on any atom is -0.508 e. The summed E-state index contributed by atoms with van der Waals surface area (Å²) < 4.78 is 0. The third kappa shape index (κ3) is 2.54. The molecule has 0 aliphatic heterocycles. The van der Waals surface area contributed by atoms with Gasteiger partial charge in [-0.1, -0.05) is 35.9 Å². The Morgan fingerprint density at radius 1 is 1.00 bits per heavy atom. The summed E-state index contributed by atoms with van der Waals surface area (Å²) in [6, 6.07) is 17.0. The Hall–Kier alpha value is -2.06. The number of rotatable bonds is 2. The Morgan fingerprint density at radius 2 is 1.84 bits per heavy atom. The van der Waals surface area contributed by atoms with E-state index in [0.717, 1.165) is 22.2 Å². The van der Waals surface area contributed by atoms with Crippen molar-refractivity contribution in [3.05, 3.63) is 70.9 Å². The molecule has 0 saturated heterocycles. The largest absolute Gasteiger partial charge is 0.508 e. The van der Waals surface area contributed by atoms with Gasteiger partial charge in [-0.2, -0.15) is 0 Å². The number of phenolic OH excluding ortho intramolecular Hbond substituents is 1. The van der Waals surface area contributed by atoms with Crippen LogP contribution >= 0.6 is 11.6 Å². The normalized spacial score (nSPS) is 10.8.